The lowest BCUT2D eigenvalue weighted by atomic mass is 10.0. The van der Waals surface area contributed by atoms with Gasteiger partial charge in [0.05, 0.1) is 7.11 Å². The Hall–Kier alpha value is -2.04. The summed E-state index contributed by atoms with van der Waals surface area (Å²) in [5, 5.41) is 3.66. The molecule has 0 unspecified atom stereocenters. The van der Waals surface area contributed by atoms with Gasteiger partial charge in [0.15, 0.2) is 0 Å². The summed E-state index contributed by atoms with van der Waals surface area (Å²) in [6.07, 6.45) is 0.208. The smallest absolute Gasteiger partial charge is 0.328 e. The summed E-state index contributed by atoms with van der Waals surface area (Å²) in [6.45, 7) is 3.82. The van der Waals surface area contributed by atoms with E-state index in [0.29, 0.717) is 21.2 Å². The number of carbonyl (C=O) groups is 2. The van der Waals surface area contributed by atoms with Crippen molar-refractivity contribution in [2.24, 2.45) is 0 Å². The molecule has 0 aliphatic rings. The van der Waals surface area contributed by atoms with E-state index in [1.165, 1.54) is 7.11 Å². The van der Waals surface area contributed by atoms with E-state index in [9.17, 15) is 9.59 Å². The monoisotopic (exact) mass is 379 g/mol. The van der Waals surface area contributed by atoms with E-state index in [0.717, 1.165) is 11.1 Å². The number of ether oxygens (including phenoxy) is 1. The van der Waals surface area contributed by atoms with Crippen LogP contribution in [0.2, 0.25) is 10.0 Å². The molecular weight excluding hydrogens is 361 g/mol. The molecule has 1 atom stereocenters. The zero-order valence-corrected chi connectivity index (χ0v) is 15.7. The van der Waals surface area contributed by atoms with Crippen molar-refractivity contribution in [1.29, 1.82) is 0 Å². The average Bonchev–Trinajstić information content (AvgIpc) is 2.54. The van der Waals surface area contributed by atoms with Gasteiger partial charge in [0.25, 0.3) is 5.91 Å². The van der Waals surface area contributed by atoms with Crippen molar-refractivity contribution in [3.8, 4) is 0 Å². The van der Waals surface area contributed by atoms with Gasteiger partial charge in [-0.05, 0) is 43.7 Å². The summed E-state index contributed by atoms with van der Waals surface area (Å²) in [7, 11) is 1.28. The Morgan fingerprint density at radius 1 is 1.08 bits per heavy atom. The second-order valence-corrected chi connectivity index (χ2v) is 6.71. The van der Waals surface area contributed by atoms with Crippen LogP contribution in [0.5, 0.6) is 0 Å². The molecule has 0 saturated heterocycles. The molecule has 2 aromatic rings. The van der Waals surface area contributed by atoms with E-state index in [2.05, 4.69) is 5.32 Å². The number of esters is 1. The van der Waals surface area contributed by atoms with Gasteiger partial charge >= 0.3 is 5.97 Å². The van der Waals surface area contributed by atoms with Crippen molar-refractivity contribution in [2.45, 2.75) is 26.3 Å². The average molecular weight is 380 g/mol. The Morgan fingerprint density at radius 2 is 1.72 bits per heavy atom. The molecule has 25 heavy (non-hydrogen) atoms. The number of rotatable bonds is 5. The van der Waals surface area contributed by atoms with Gasteiger partial charge in [0, 0.05) is 22.0 Å². The molecule has 132 valence electrons. The van der Waals surface area contributed by atoms with E-state index in [4.69, 9.17) is 27.9 Å². The quantitative estimate of drug-likeness (QED) is 0.794. The maximum atomic E-state index is 12.5. The van der Waals surface area contributed by atoms with Gasteiger partial charge in [-0.2, -0.15) is 0 Å². The van der Waals surface area contributed by atoms with Crippen LogP contribution in [0, 0.1) is 13.8 Å². The fraction of sp³-hybridized carbons (Fsp3) is 0.263. The van der Waals surface area contributed by atoms with Crippen LogP contribution in [-0.4, -0.2) is 25.0 Å². The third-order valence-corrected chi connectivity index (χ3v) is 4.30. The Bertz CT molecular complexity index is 785. The van der Waals surface area contributed by atoms with Gasteiger partial charge in [-0.15, -0.1) is 0 Å². The highest BCUT2D eigenvalue weighted by atomic mass is 35.5. The lowest BCUT2D eigenvalue weighted by molar-refractivity contribution is -0.142. The van der Waals surface area contributed by atoms with Crippen LogP contribution >= 0.6 is 23.2 Å². The summed E-state index contributed by atoms with van der Waals surface area (Å²) in [4.78, 5) is 24.6. The second kappa shape index (κ2) is 8.37. The molecule has 6 heteroatoms. The minimum absolute atomic E-state index is 0.208. The van der Waals surface area contributed by atoms with Crippen LogP contribution in [0.4, 0.5) is 0 Å². The molecule has 4 nitrogen and oxygen atoms in total. The zero-order valence-electron chi connectivity index (χ0n) is 14.2. The first-order valence-corrected chi connectivity index (χ1v) is 8.46. The normalized spacial score (nSPS) is 11.7. The fourth-order valence-corrected chi connectivity index (χ4v) is 3.08. The van der Waals surface area contributed by atoms with E-state index < -0.39 is 12.0 Å². The van der Waals surface area contributed by atoms with E-state index in [1.807, 2.05) is 19.9 Å². The molecule has 1 N–H and O–H groups in total. The number of hydrogen-bond donors (Lipinski definition) is 1. The highest BCUT2D eigenvalue weighted by Crippen LogP contribution is 2.22. The van der Waals surface area contributed by atoms with E-state index in [-0.39, 0.29) is 12.3 Å². The summed E-state index contributed by atoms with van der Waals surface area (Å²) >= 11 is 12.1. The molecule has 0 spiro atoms. The second-order valence-electron chi connectivity index (χ2n) is 5.87. The first-order valence-electron chi connectivity index (χ1n) is 7.71. The number of aryl methyl sites for hydroxylation is 2. The van der Waals surface area contributed by atoms with Crippen LogP contribution in [0.3, 0.4) is 0 Å². The summed E-state index contributed by atoms with van der Waals surface area (Å²) < 4.78 is 4.81. The molecule has 0 fully saturated rings. The van der Waals surface area contributed by atoms with E-state index in [1.54, 1.807) is 30.3 Å². The van der Waals surface area contributed by atoms with Crippen LogP contribution in [0.25, 0.3) is 0 Å². The lowest BCUT2D eigenvalue weighted by Crippen LogP contribution is -2.43. The first kappa shape index (κ1) is 19.3. The predicted octanol–water partition coefficient (Wildman–Crippen LogP) is 4.12. The number of benzene rings is 2. The largest absolute Gasteiger partial charge is 0.467 e. The Kier molecular flexibility index (Phi) is 6.45. The highest BCUT2D eigenvalue weighted by molar-refractivity contribution is 6.35. The zero-order chi connectivity index (χ0) is 18.6. The SMILES string of the molecule is COC(=O)[C@@H](Cc1ccc(Cl)cc1Cl)NC(=O)c1cc(C)cc(C)c1. The summed E-state index contributed by atoms with van der Waals surface area (Å²) in [6, 6.07) is 9.67. The topological polar surface area (TPSA) is 55.4 Å². The van der Waals surface area contributed by atoms with E-state index >= 15 is 0 Å². The molecule has 0 aliphatic heterocycles. The van der Waals surface area contributed by atoms with Crippen molar-refractivity contribution in [3.05, 3.63) is 68.7 Å². The molecule has 0 aliphatic carbocycles. The first-order chi connectivity index (χ1) is 11.8. The van der Waals surface area contributed by atoms with Crippen molar-refractivity contribution in [3.63, 3.8) is 0 Å². The number of halogens is 2. The maximum Gasteiger partial charge on any atom is 0.328 e. The van der Waals surface area contributed by atoms with Gasteiger partial charge in [-0.3, -0.25) is 4.79 Å². The molecule has 0 heterocycles. The third kappa shape index (κ3) is 5.21. The van der Waals surface area contributed by atoms with Gasteiger partial charge in [0.2, 0.25) is 0 Å². The van der Waals surface area contributed by atoms with Gasteiger partial charge in [-0.25, -0.2) is 4.79 Å². The molecule has 0 radical (unpaired) electrons. The van der Waals surface area contributed by atoms with Gasteiger partial charge in [0.1, 0.15) is 6.04 Å². The molecular formula is C19H19Cl2NO3. The summed E-state index contributed by atoms with van der Waals surface area (Å²) in [5.41, 5.74) is 3.14. The molecule has 0 aromatic heterocycles. The molecule has 2 aromatic carbocycles. The Labute approximate surface area is 157 Å². The van der Waals surface area contributed by atoms with Crippen molar-refractivity contribution >= 4 is 35.1 Å². The third-order valence-electron chi connectivity index (χ3n) is 3.71. The minimum Gasteiger partial charge on any atom is -0.467 e. The lowest BCUT2D eigenvalue weighted by Gasteiger charge is -2.18. The van der Waals surface area contributed by atoms with Crippen LogP contribution < -0.4 is 5.32 Å². The molecule has 0 bridgehead atoms. The number of methoxy groups -OCH3 is 1. The number of amides is 1. The van der Waals surface area contributed by atoms with Gasteiger partial charge < -0.3 is 10.1 Å². The van der Waals surface area contributed by atoms with Crippen molar-refractivity contribution < 1.29 is 14.3 Å². The van der Waals surface area contributed by atoms with Crippen molar-refractivity contribution in [1.82, 2.24) is 5.32 Å². The Balaban J connectivity index is 2.22. The predicted molar refractivity (Wildman–Crippen MR) is 99.4 cm³/mol. The maximum absolute atomic E-state index is 12.5. The molecule has 2 rings (SSSR count). The fourth-order valence-electron chi connectivity index (χ4n) is 2.59. The number of nitrogens with one attached hydrogen (secondary N) is 1. The summed E-state index contributed by atoms with van der Waals surface area (Å²) in [5.74, 6) is -0.879. The molecule has 1 amide bonds. The number of carbonyl (C=O) groups excluding carboxylic acids is 2. The van der Waals surface area contributed by atoms with Crippen LogP contribution in [-0.2, 0) is 16.0 Å². The van der Waals surface area contributed by atoms with Gasteiger partial charge in [-0.1, -0.05) is 46.5 Å². The Morgan fingerprint density at radius 3 is 2.28 bits per heavy atom. The highest BCUT2D eigenvalue weighted by Gasteiger charge is 2.23. The molecule has 0 saturated carbocycles. The standard InChI is InChI=1S/C19H19Cl2NO3/c1-11-6-12(2)8-14(7-11)18(23)22-17(19(24)25-3)9-13-4-5-15(20)10-16(13)21/h4-8,10,17H,9H2,1-3H3,(H,22,23)/t17-/m1/s1. The minimum atomic E-state index is -0.850. The van der Waals surface area contributed by atoms with Crippen LogP contribution in [0.15, 0.2) is 36.4 Å². The number of hydrogen-bond acceptors (Lipinski definition) is 3. The van der Waals surface area contributed by atoms with Crippen molar-refractivity contribution in [2.75, 3.05) is 7.11 Å². The van der Waals surface area contributed by atoms with Crippen LogP contribution in [0.1, 0.15) is 27.0 Å².